The average Bonchev–Trinajstić information content (AvgIpc) is 3.27. The standard InChI is InChI=1S/C15H17N5O4S2/c1-11-17-12(10-25-11)9-16-18-14-5-4-13(8-15(14)20(21)22)26(23,24)19-6-2-3-7-19/h4-5,8-10,18H,2-3,6-7H2,1H3/b16-9+. The van der Waals surface area contributed by atoms with Crippen LogP contribution >= 0.6 is 11.3 Å². The van der Waals surface area contributed by atoms with E-state index in [9.17, 15) is 18.5 Å². The first kappa shape index (κ1) is 18.4. The van der Waals surface area contributed by atoms with Gasteiger partial charge in [0.15, 0.2) is 0 Å². The summed E-state index contributed by atoms with van der Waals surface area (Å²) in [4.78, 5) is 14.8. The van der Waals surface area contributed by atoms with E-state index in [2.05, 4.69) is 15.5 Å². The number of hydrogen-bond donors (Lipinski definition) is 1. The number of anilines is 1. The first-order chi connectivity index (χ1) is 12.4. The quantitative estimate of drug-likeness (QED) is 0.456. The minimum Gasteiger partial charge on any atom is -0.272 e. The van der Waals surface area contributed by atoms with Crippen molar-refractivity contribution in [2.24, 2.45) is 5.10 Å². The summed E-state index contributed by atoms with van der Waals surface area (Å²) in [5, 5.41) is 18.0. The van der Waals surface area contributed by atoms with Crippen LogP contribution in [-0.2, 0) is 10.0 Å². The maximum Gasteiger partial charge on any atom is 0.295 e. The Morgan fingerprint density at radius 3 is 2.73 bits per heavy atom. The molecule has 1 saturated heterocycles. The van der Waals surface area contributed by atoms with Gasteiger partial charge in [-0.3, -0.25) is 15.5 Å². The molecule has 1 aromatic carbocycles. The van der Waals surface area contributed by atoms with Crippen LogP contribution in [0.2, 0.25) is 0 Å². The van der Waals surface area contributed by atoms with E-state index >= 15 is 0 Å². The van der Waals surface area contributed by atoms with Crippen molar-refractivity contribution in [2.75, 3.05) is 18.5 Å². The Balaban J connectivity index is 1.85. The molecule has 0 saturated carbocycles. The molecule has 11 heteroatoms. The number of benzene rings is 1. The first-order valence-electron chi connectivity index (χ1n) is 7.88. The van der Waals surface area contributed by atoms with Gasteiger partial charge in [-0.05, 0) is 31.9 Å². The summed E-state index contributed by atoms with van der Waals surface area (Å²) >= 11 is 1.47. The number of rotatable bonds is 6. The second kappa shape index (κ2) is 7.48. The summed E-state index contributed by atoms with van der Waals surface area (Å²) in [6.45, 7) is 2.74. The van der Waals surface area contributed by atoms with E-state index < -0.39 is 14.9 Å². The maximum atomic E-state index is 12.6. The van der Waals surface area contributed by atoms with E-state index in [-0.39, 0.29) is 16.3 Å². The van der Waals surface area contributed by atoms with Gasteiger partial charge in [0.25, 0.3) is 5.69 Å². The van der Waals surface area contributed by atoms with E-state index in [4.69, 9.17) is 0 Å². The second-order valence-corrected chi connectivity index (χ2v) is 8.71. The molecule has 0 spiro atoms. The summed E-state index contributed by atoms with van der Waals surface area (Å²) in [5.41, 5.74) is 2.98. The molecular weight excluding hydrogens is 378 g/mol. The van der Waals surface area contributed by atoms with Crippen molar-refractivity contribution in [3.63, 3.8) is 0 Å². The fourth-order valence-electron chi connectivity index (χ4n) is 2.60. The summed E-state index contributed by atoms with van der Waals surface area (Å²) in [6, 6.07) is 3.77. The van der Waals surface area contributed by atoms with Crippen LogP contribution in [0, 0.1) is 17.0 Å². The number of aryl methyl sites for hydroxylation is 1. The Labute approximate surface area is 154 Å². The lowest BCUT2D eigenvalue weighted by molar-refractivity contribution is -0.384. The van der Waals surface area contributed by atoms with Crippen molar-refractivity contribution >= 4 is 38.9 Å². The van der Waals surface area contributed by atoms with Crippen molar-refractivity contribution < 1.29 is 13.3 Å². The lowest BCUT2D eigenvalue weighted by atomic mass is 10.3. The number of nitro groups is 1. The zero-order chi connectivity index (χ0) is 18.7. The van der Waals surface area contributed by atoms with Crippen molar-refractivity contribution in [3.05, 3.63) is 44.4 Å². The topological polar surface area (TPSA) is 118 Å². The number of thiazole rings is 1. The molecule has 9 nitrogen and oxygen atoms in total. The number of hydrazone groups is 1. The summed E-state index contributed by atoms with van der Waals surface area (Å²) in [7, 11) is -3.72. The largest absolute Gasteiger partial charge is 0.295 e. The molecule has 2 heterocycles. The summed E-state index contributed by atoms with van der Waals surface area (Å²) in [5.74, 6) is 0. The Morgan fingerprint density at radius 1 is 1.38 bits per heavy atom. The fraction of sp³-hybridized carbons (Fsp3) is 0.333. The van der Waals surface area contributed by atoms with E-state index in [0.29, 0.717) is 18.8 Å². The summed E-state index contributed by atoms with van der Waals surface area (Å²) in [6.07, 6.45) is 3.04. The van der Waals surface area contributed by atoms with Crippen molar-refractivity contribution in [2.45, 2.75) is 24.7 Å². The number of hydrogen-bond acceptors (Lipinski definition) is 8. The molecular formula is C15H17N5O4S2. The van der Waals surface area contributed by atoms with E-state index in [1.54, 1.807) is 5.38 Å². The molecule has 138 valence electrons. The predicted octanol–water partition coefficient (Wildman–Crippen LogP) is 2.59. The van der Waals surface area contributed by atoms with Gasteiger partial charge in [0.1, 0.15) is 5.69 Å². The second-order valence-electron chi connectivity index (χ2n) is 5.71. The van der Waals surface area contributed by atoms with Gasteiger partial charge in [-0.2, -0.15) is 9.41 Å². The lowest BCUT2D eigenvalue weighted by Gasteiger charge is -2.15. The molecule has 0 unspecified atom stereocenters. The van der Waals surface area contributed by atoms with Crippen LogP contribution in [0.1, 0.15) is 23.5 Å². The molecule has 0 atom stereocenters. The number of nitrogens with one attached hydrogen (secondary N) is 1. The zero-order valence-corrected chi connectivity index (χ0v) is 15.6. The van der Waals surface area contributed by atoms with Gasteiger partial charge in [-0.1, -0.05) is 0 Å². The van der Waals surface area contributed by atoms with Crippen molar-refractivity contribution in [1.29, 1.82) is 0 Å². The molecule has 0 radical (unpaired) electrons. The van der Waals surface area contributed by atoms with Gasteiger partial charge in [-0.15, -0.1) is 11.3 Å². The minimum absolute atomic E-state index is 0.0873. The number of aromatic nitrogens is 1. The number of nitro benzene ring substituents is 1. The Morgan fingerprint density at radius 2 is 2.12 bits per heavy atom. The molecule has 0 aliphatic carbocycles. The zero-order valence-electron chi connectivity index (χ0n) is 14.0. The van der Waals surface area contributed by atoms with Crippen LogP contribution in [0.5, 0.6) is 0 Å². The molecule has 3 rings (SSSR count). The molecule has 1 aliphatic rings. The highest BCUT2D eigenvalue weighted by atomic mass is 32.2. The molecule has 0 bridgehead atoms. The third-order valence-electron chi connectivity index (χ3n) is 3.89. The van der Waals surface area contributed by atoms with Crippen LogP contribution in [0.4, 0.5) is 11.4 Å². The van der Waals surface area contributed by atoms with Crippen molar-refractivity contribution in [1.82, 2.24) is 9.29 Å². The highest BCUT2D eigenvalue weighted by molar-refractivity contribution is 7.89. The van der Waals surface area contributed by atoms with Gasteiger partial charge in [0.05, 0.1) is 26.7 Å². The molecule has 1 N–H and O–H groups in total. The molecule has 26 heavy (non-hydrogen) atoms. The van der Waals surface area contributed by atoms with Crippen LogP contribution in [0.3, 0.4) is 0 Å². The monoisotopic (exact) mass is 395 g/mol. The third kappa shape index (κ3) is 3.89. The maximum absolute atomic E-state index is 12.6. The SMILES string of the molecule is Cc1nc(/C=N/Nc2ccc(S(=O)(=O)N3CCCC3)cc2[N+](=O)[O-])cs1. The summed E-state index contributed by atoms with van der Waals surface area (Å²) < 4.78 is 26.5. The lowest BCUT2D eigenvalue weighted by Crippen LogP contribution is -2.27. The molecule has 1 aliphatic heterocycles. The van der Waals surface area contributed by atoms with E-state index in [1.165, 1.54) is 34.0 Å². The van der Waals surface area contributed by atoms with Crippen LogP contribution in [0.25, 0.3) is 0 Å². The van der Waals surface area contributed by atoms with Crippen LogP contribution in [0.15, 0.2) is 33.6 Å². The van der Waals surface area contributed by atoms with Gasteiger partial charge in [0, 0.05) is 24.5 Å². The first-order valence-corrected chi connectivity index (χ1v) is 10.2. The highest BCUT2D eigenvalue weighted by Crippen LogP contribution is 2.30. The molecule has 1 fully saturated rings. The number of nitrogens with zero attached hydrogens (tertiary/aromatic N) is 4. The fourth-order valence-corrected chi connectivity index (χ4v) is 4.70. The molecule has 1 aromatic heterocycles. The van der Waals surface area contributed by atoms with Gasteiger partial charge in [-0.25, -0.2) is 13.4 Å². The normalized spacial score (nSPS) is 15.6. The predicted molar refractivity (Wildman–Crippen MR) is 99.2 cm³/mol. The Kier molecular flexibility index (Phi) is 5.30. The van der Waals surface area contributed by atoms with Gasteiger partial charge >= 0.3 is 0 Å². The molecule has 0 amide bonds. The third-order valence-corrected chi connectivity index (χ3v) is 6.57. The van der Waals surface area contributed by atoms with Crippen LogP contribution in [-0.4, -0.2) is 41.9 Å². The smallest absolute Gasteiger partial charge is 0.272 e. The average molecular weight is 395 g/mol. The Bertz CT molecular complexity index is 949. The van der Waals surface area contributed by atoms with Crippen LogP contribution < -0.4 is 5.43 Å². The van der Waals surface area contributed by atoms with Crippen molar-refractivity contribution in [3.8, 4) is 0 Å². The van der Waals surface area contributed by atoms with E-state index in [1.807, 2.05) is 6.92 Å². The number of sulfonamides is 1. The van der Waals surface area contributed by atoms with Gasteiger partial charge < -0.3 is 0 Å². The highest BCUT2D eigenvalue weighted by Gasteiger charge is 2.29. The van der Waals surface area contributed by atoms with Gasteiger partial charge in [0.2, 0.25) is 10.0 Å². The molecule has 2 aromatic rings. The van der Waals surface area contributed by atoms with E-state index in [0.717, 1.165) is 23.9 Å². The Hall–Kier alpha value is -2.37. The minimum atomic E-state index is -3.72.